The molecule has 96 valence electrons. The van der Waals surface area contributed by atoms with Crippen molar-refractivity contribution in [3.05, 3.63) is 34.8 Å². The largest absolute Gasteiger partial charge is 0.508 e. The third-order valence-corrected chi connectivity index (χ3v) is 3.86. The minimum absolute atomic E-state index is 0.142. The summed E-state index contributed by atoms with van der Waals surface area (Å²) in [6.45, 7) is 0. The number of nitrogens with zero attached hydrogens (tertiary/aromatic N) is 2. The number of phenolic OH excluding ortho intramolecular Hbond substituents is 1. The number of aromatic nitrogens is 2. The number of fused-ring (bicyclic) bond motifs is 1. The van der Waals surface area contributed by atoms with Gasteiger partial charge < -0.3 is 9.84 Å². The quantitative estimate of drug-likeness (QED) is 0.731. The average Bonchev–Trinajstić information content (AvgIpc) is 2.88. The maximum atomic E-state index is 9.45. The minimum Gasteiger partial charge on any atom is -0.508 e. The maximum Gasteiger partial charge on any atom is 0.171 e. The van der Waals surface area contributed by atoms with Gasteiger partial charge in [-0.05, 0) is 18.2 Å². The molecule has 2 aromatic heterocycles. The predicted molar refractivity (Wildman–Crippen MR) is 76.1 cm³/mol. The highest BCUT2D eigenvalue weighted by atomic mass is 35.5. The molecule has 0 saturated heterocycles. The molecule has 0 saturated carbocycles. The standard InChI is InChI=1S/C13H9ClN2O2S/c1-18-8-5-11(19-6-8)13-15-10-3-2-7(17)4-9(10)12(14)16-13/h2-6,17H,1H3. The molecule has 0 radical (unpaired) electrons. The van der Waals surface area contributed by atoms with Crippen LogP contribution in [0.5, 0.6) is 11.5 Å². The van der Waals surface area contributed by atoms with E-state index in [-0.39, 0.29) is 5.75 Å². The van der Waals surface area contributed by atoms with Crippen LogP contribution in [0.1, 0.15) is 0 Å². The third-order valence-electron chi connectivity index (χ3n) is 2.66. The molecule has 0 amide bonds. The molecule has 3 rings (SSSR count). The highest BCUT2D eigenvalue weighted by Gasteiger charge is 2.11. The second-order valence-corrected chi connectivity index (χ2v) is 5.16. The van der Waals surface area contributed by atoms with Gasteiger partial charge in [-0.15, -0.1) is 11.3 Å². The second kappa shape index (κ2) is 4.68. The summed E-state index contributed by atoms with van der Waals surface area (Å²) in [6.07, 6.45) is 0. The summed E-state index contributed by atoms with van der Waals surface area (Å²) in [5, 5.41) is 12.3. The maximum absolute atomic E-state index is 9.45. The van der Waals surface area contributed by atoms with E-state index < -0.39 is 0 Å². The fourth-order valence-corrected chi connectivity index (χ4v) is 2.75. The monoisotopic (exact) mass is 292 g/mol. The highest BCUT2D eigenvalue weighted by molar-refractivity contribution is 7.13. The molecule has 19 heavy (non-hydrogen) atoms. The number of halogens is 1. The van der Waals surface area contributed by atoms with E-state index in [2.05, 4.69) is 9.97 Å². The molecule has 0 aliphatic carbocycles. The summed E-state index contributed by atoms with van der Waals surface area (Å²) in [7, 11) is 1.61. The Morgan fingerprint density at radius 2 is 2.11 bits per heavy atom. The summed E-state index contributed by atoms with van der Waals surface area (Å²) in [4.78, 5) is 9.58. The van der Waals surface area contributed by atoms with Gasteiger partial charge in [0.15, 0.2) is 5.82 Å². The molecule has 0 atom stereocenters. The first kappa shape index (κ1) is 12.2. The molecule has 0 aliphatic rings. The molecule has 6 heteroatoms. The van der Waals surface area contributed by atoms with Gasteiger partial charge in [0, 0.05) is 16.8 Å². The molecule has 0 bridgehead atoms. The van der Waals surface area contributed by atoms with Crippen molar-refractivity contribution in [2.24, 2.45) is 0 Å². The minimum atomic E-state index is 0.142. The molecule has 0 spiro atoms. The van der Waals surface area contributed by atoms with Crippen LogP contribution >= 0.6 is 22.9 Å². The second-order valence-electron chi connectivity index (χ2n) is 3.89. The van der Waals surface area contributed by atoms with Crippen molar-refractivity contribution >= 4 is 33.8 Å². The lowest BCUT2D eigenvalue weighted by Gasteiger charge is -2.03. The van der Waals surface area contributed by atoms with Gasteiger partial charge in [0.05, 0.1) is 17.5 Å². The third kappa shape index (κ3) is 2.22. The zero-order valence-corrected chi connectivity index (χ0v) is 11.5. The van der Waals surface area contributed by atoms with Gasteiger partial charge in [0.25, 0.3) is 0 Å². The van der Waals surface area contributed by atoms with Crippen LogP contribution in [0.2, 0.25) is 5.15 Å². The van der Waals surface area contributed by atoms with Crippen LogP contribution in [0, 0.1) is 0 Å². The summed E-state index contributed by atoms with van der Waals surface area (Å²) in [6, 6.07) is 6.70. The zero-order chi connectivity index (χ0) is 13.4. The molecule has 2 heterocycles. The number of phenols is 1. The Hall–Kier alpha value is -1.85. The molecule has 1 aromatic carbocycles. The van der Waals surface area contributed by atoms with Crippen LogP contribution in [-0.4, -0.2) is 22.2 Å². The number of rotatable bonds is 2. The fourth-order valence-electron chi connectivity index (χ4n) is 1.73. The number of ether oxygens (including phenoxy) is 1. The highest BCUT2D eigenvalue weighted by Crippen LogP contribution is 2.32. The number of hydrogen-bond donors (Lipinski definition) is 1. The van der Waals surface area contributed by atoms with Crippen molar-refractivity contribution in [1.82, 2.24) is 9.97 Å². The van der Waals surface area contributed by atoms with Crippen molar-refractivity contribution in [3.8, 4) is 22.2 Å². The number of methoxy groups -OCH3 is 1. The molecule has 1 N–H and O–H groups in total. The van der Waals surface area contributed by atoms with E-state index in [0.717, 1.165) is 10.6 Å². The van der Waals surface area contributed by atoms with Gasteiger partial charge in [-0.1, -0.05) is 11.6 Å². The van der Waals surface area contributed by atoms with Crippen LogP contribution in [0.3, 0.4) is 0 Å². The normalized spacial score (nSPS) is 10.8. The Bertz CT molecular complexity index is 757. The van der Waals surface area contributed by atoms with Gasteiger partial charge in [-0.25, -0.2) is 9.97 Å². The van der Waals surface area contributed by atoms with E-state index in [1.165, 1.54) is 11.3 Å². The lowest BCUT2D eigenvalue weighted by Crippen LogP contribution is -1.90. The average molecular weight is 293 g/mol. The fraction of sp³-hybridized carbons (Fsp3) is 0.0769. The van der Waals surface area contributed by atoms with Crippen LogP contribution in [0.15, 0.2) is 29.6 Å². The molecule has 0 fully saturated rings. The Balaban J connectivity index is 2.17. The Morgan fingerprint density at radius 3 is 2.84 bits per heavy atom. The first-order valence-electron chi connectivity index (χ1n) is 5.46. The van der Waals surface area contributed by atoms with Gasteiger partial charge >= 0.3 is 0 Å². The van der Waals surface area contributed by atoms with E-state index in [1.807, 2.05) is 11.4 Å². The lowest BCUT2D eigenvalue weighted by atomic mass is 10.2. The molecule has 4 nitrogen and oxygen atoms in total. The summed E-state index contributed by atoms with van der Waals surface area (Å²) >= 11 is 7.63. The van der Waals surface area contributed by atoms with Crippen LogP contribution in [0.4, 0.5) is 0 Å². The van der Waals surface area contributed by atoms with E-state index >= 15 is 0 Å². The van der Waals surface area contributed by atoms with E-state index in [9.17, 15) is 5.11 Å². The summed E-state index contributed by atoms with van der Waals surface area (Å²) in [5.74, 6) is 1.46. The van der Waals surface area contributed by atoms with E-state index in [0.29, 0.717) is 21.9 Å². The Kier molecular flexibility index (Phi) is 3.00. The van der Waals surface area contributed by atoms with Gasteiger partial charge in [-0.2, -0.15) is 0 Å². The van der Waals surface area contributed by atoms with Gasteiger partial charge in [-0.3, -0.25) is 0 Å². The topological polar surface area (TPSA) is 55.2 Å². The SMILES string of the molecule is COc1csc(-c2nc(Cl)c3cc(O)ccc3n2)c1. The van der Waals surface area contributed by atoms with Crippen LogP contribution < -0.4 is 4.74 Å². The first-order valence-corrected chi connectivity index (χ1v) is 6.72. The van der Waals surface area contributed by atoms with E-state index in [1.54, 1.807) is 25.3 Å². The molecule has 0 aliphatic heterocycles. The van der Waals surface area contributed by atoms with Gasteiger partial charge in [0.2, 0.25) is 0 Å². The first-order chi connectivity index (χ1) is 9.17. The van der Waals surface area contributed by atoms with Crippen LogP contribution in [0.25, 0.3) is 21.6 Å². The smallest absolute Gasteiger partial charge is 0.171 e. The van der Waals surface area contributed by atoms with Crippen molar-refractivity contribution < 1.29 is 9.84 Å². The number of aromatic hydroxyl groups is 1. The van der Waals surface area contributed by atoms with Crippen molar-refractivity contribution in [1.29, 1.82) is 0 Å². The molecular weight excluding hydrogens is 284 g/mol. The zero-order valence-electron chi connectivity index (χ0n) is 9.92. The van der Waals surface area contributed by atoms with Crippen molar-refractivity contribution in [3.63, 3.8) is 0 Å². The lowest BCUT2D eigenvalue weighted by molar-refractivity contribution is 0.417. The van der Waals surface area contributed by atoms with E-state index in [4.69, 9.17) is 16.3 Å². The van der Waals surface area contributed by atoms with Crippen molar-refractivity contribution in [2.75, 3.05) is 7.11 Å². The predicted octanol–water partition coefficient (Wildman–Crippen LogP) is 3.73. The summed E-state index contributed by atoms with van der Waals surface area (Å²) in [5.41, 5.74) is 0.695. The van der Waals surface area contributed by atoms with Crippen LogP contribution in [-0.2, 0) is 0 Å². The molecule has 3 aromatic rings. The Morgan fingerprint density at radius 1 is 1.26 bits per heavy atom. The molecule has 0 unspecified atom stereocenters. The number of benzene rings is 1. The summed E-state index contributed by atoms with van der Waals surface area (Å²) < 4.78 is 5.14. The van der Waals surface area contributed by atoms with Crippen molar-refractivity contribution in [2.45, 2.75) is 0 Å². The number of thiophene rings is 1. The van der Waals surface area contributed by atoms with Gasteiger partial charge in [0.1, 0.15) is 16.7 Å². The number of hydrogen-bond acceptors (Lipinski definition) is 5. The molecular formula is C13H9ClN2O2S. The Labute approximate surface area is 118 Å².